The van der Waals surface area contributed by atoms with Gasteiger partial charge in [0.05, 0.1) is 21.3 Å². The van der Waals surface area contributed by atoms with Gasteiger partial charge in [-0.1, -0.05) is 31.2 Å². The third kappa shape index (κ3) is 3.98. The molecule has 3 nitrogen and oxygen atoms in total. The average Bonchev–Trinajstić information content (AvgIpc) is 2.53. The lowest BCUT2D eigenvalue weighted by Gasteiger charge is -2.09. The van der Waals surface area contributed by atoms with Gasteiger partial charge in [-0.2, -0.15) is 0 Å². The first kappa shape index (κ1) is 15.4. The highest BCUT2D eigenvalue weighted by atomic mass is 32.2. The van der Waals surface area contributed by atoms with Gasteiger partial charge in [0.15, 0.2) is 0 Å². The van der Waals surface area contributed by atoms with Crippen LogP contribution in [-0.2, 0) is 17.3 Å². The van der Waals surface area contributed by atoms with Crippen molar-refractivity contribution in [2.45, 2.75) is 18.4 Å². The SMILES string of the molecule is CC[S@](=O)c1ccccc1C(=O)NCc1ccc(F)cc1. The first-order valence-corrected chi connectivity index (χ1v) is 7.93. The second-order valence-electron chi connectivity index (χ2n) is 4.44. The van der Waals surface area contributed by atoms with Gasteiger partial charge >= 0.3 is 0 Å². The van der Waals surface area contributed by atoms with Crippen molar-refractivity contribution in [2.24, 2.45) is 0 Å². The van der Waals surface area contributed by atoms with E-state index in [0.29, 0.717) is 22.8 Å². The summed E-state index contributed by atoms with van der Waals surface area (Å²) in [7, 11) is -1.18. The molecule has 5 heteroatoms. The van der Waals surface area contributed by atoms with Crippen LogP contribution in [0.5, 0.6) is 0 Å². The van der Waals surface area contributed by atoms with E-state index in [1.54, 1.807) is 36.4 Å². The van der Waals surface area contributed by atoms with Crippen molar-refractivity contribution in [3.05, 3.63) is 65.5 Å². The smallest absolute Gasteiger partial charge is 0.252 e. The predicted octanol–water partition coefficient (Wildman–Crippen LogP) is 2.88. The van der Waals surface area contributed by atoms with Crippen LogP contribution >= 0.6 is 0 Å². The van der Waals surface area contributed by atoms with E-state index in [4.69, 9.17) is 0 Å². The molecule has 2 rings (SSSR count). The van der Waals surface area contributed by atoms with Crippen LogP contribution in [0.2, 0.25) is 0 Å². The molecule has 0 bridgehead atoms. The normalized spacial score (nSPS) is 11.9. The molecule has 2 aromatic rings. The summed E-state index contributed by atoms with van der Waals surface area (Å²) in [6, 6.07) is 12.8. The number of carbonyl (C=O) groups is 1. The molecular formula is C16H16FNO2S. The van der Waals surface area contributed by atoms with Crippen molar-refractivity contribution >= 4 is 16.7 Å². The minimum absolute atomic E-state index is 0.281. The zero-order valence-electron chi connectivity index (χ0n) is 11.6. The molecule has 0 unspecified atom stereocenters. The van der Waals surface area contributed by atoms with Crippen LogP contribution in [0.1, 0.15) is 22.8 Å². The topological polar surface area (TPSA) is 46.2 Å². The van der Waals surface area contributed by atoms with Crippen molar-refractivity contribution in [3.8, 4) is 0 Å². The van der Waals surface area contributed by atoms with Gasteiger partial charge in [-0.15, -0.1) is 0 Å². The van der Waals surface area contributed by atoms with Crippen LogP contribution in [0.4, 0.5) is 4.39 Å². The zero-order valence-corrected chi connectivity index (χ0v) is 12.5. The summed E-state index contributed by atoms with van der Waals surface area (Å²) >= 11 is 0. The standard InChI is InChI=1S/C16H16FNO2S/c1-2-21(20)15-6-4-3-5-14(15)16(19)18-11-12-7-9-13(17)10-8-12/h3-10H,2,11H2,1H3,(H,18,19)/t21-/m0/s1. The van der Waals surface area contributed by atoms with Crippen molar-refractivity contribution < 1.29 is 13.4 Å². The minimum Gasteiger partial charge on any atom is -0.348 e. The van der Waals surface area contributed by atoms with Crippen LogP contribution in [0, 0.1) is 5.82 Å². The monoisotopic (exact) mass is 305 g/mol. The van der Waals surface area contributed by atoms with E-state index in [9.17, 15) is 13.4 Å². The lowest BCUT2D eigenvalue weighted by Crippen LogP contribution is -2.24. The highest BCUT2D eigenvalue weighted by Crippen LogP contribution is 2.14. The molecule has 2 aromatic carbocycles. The maximum atomic E-state index is 12.8. The molecule has 0 aliphatic heterocycles. The van der Waals surface area contributed by atoms with Crippen molar-refractivity contribution in [1.82, 2.24) is 5.32 Å². The van der Waals surface area contributed by atoms with Gasteiger partial charge in [0.1, 0.15) is 5.82 Å². The first-order chi connectivity index (χ1) is 10.1. The Kier molecular flexibility index (Phi) is 5.22. The molecule has 0 saturated heterocycles. The van der Waals surface area contributed by atoms with E-state index in [-0.39, 0.29) is 11.7 Å². The lowest BCUT2D eigenvalue weighted by atomic mass is 10.2. The Balaban J connectivity index is 2.10. The maximum absolute atomic E-state index is 12.8. The number of carbonyl (C=O) groups excluding carboxylic acids is 1. The maximum Gasteiger partial charge on any atom is 0.252 e. The molecule has 0 spiro atoms. The fourth-order valence-electron chi connectivity index (χ4n) is 1.89. The molecule has 1 N–H and O–H groups in total. The van der Waals surface area contributed by atoms with Gasteiger partial charge < -0.3 is 5.32 Å². The Morgan fingerprint density at radius 1 is 1.14 bits per heavy atom. The third-order valence-electron chi connectivity index (χ3n) is 3.01. The van der Waals surface area contributed by atoms with E-state index in [1.165, 1.54) is 12.1 Å². The Morgan fingerprint density at radius 2 is 1.81 bits per heavy atom. The molecule has 0 aliphatic carbocycles. The van der Waals surface area contributed by atoms with E-state index in [2.05, 4.69) is 5.32 Å². The summed E-state index contributed by atoms with van der Waals surface area (Å²) in [5.41, 5.74) is 1.22. The number of hydrogen-bond donors (Lipinski definition) is 1. The summed E-state index contributed by atoms with van der Waals surface area (Å²) in [4.78, 5) is 12.7. The molecule has 110 valence electrons. The second kappa shape index (κ2) is 7.13. The molecule has 0 fully saturated rings. The first-order valence-electron chi connectivity index (χ1n) is 6.62. The van der Waals surface area contributed by atoms with Crippen LogP contribution in [0.25, 0.3) is 0 Å². The summed E-state index contributed by atoms with van der Waals surface area (Å²) in [5.74, 6) is -0.132. The molecule has 0 aromatic heterocycles. The van der Waals surface area contributed by atoms with Crippen LogP contribution in [-0.4, -0.2) is 15.9 Å². The fourth-order valence-corrected chi connectivity index (χ4v) is 2.84. The third-order valence-corrected chi connectivity index (χ3v) is 4.38. The Morgan fingerprint density at radius 3 is 2.48 bits per heavy atom. The largest absolute Gasteiger partial charge is 0.348 e. The number of amides is 1. The van der Waals surface area contributed by atoms with E-state index in [1.807, 2.05) is 6.92 Å². The average molecular weight is 305 g/mol. The number of benzene rings is 2. The van der Waals surface area contributed by atoms with Crippen molar-refractivity contribution in [2.75, 3.05) is 5.75 Å². The lowest BCUT2D eigenvalue weighted by molar-refractivity contribution is 0.0948. The quantitative estimate of drug-likeness (QED) is 0.923. The highest BCUT2D eigenvalue weighted by molar-refractivity contribution is 7.85. The predicted molar refractivity (Wildman–Crippen MR) is 81.0 cm³/mol. The van der Waals surface area contributed by atoms with Crippen LogP contribution in [0.15, 0.2) is 53.4 Å². The van der Waals surface area contributed by atoms with Gasteiger partial charge in [0.2, 0.25) is 0 Å². The Bertz CT molecular complexity index is 656. The summed E-state index contributed by atoms with van der Waals surface area (Å²) in [6.07, 6.45) is 0. The van der Waals surface area contributed by atoms with Crippen molar-refractivity contribution in [1.29, 1.82) is 0 Å². The second-order valence-corrected chi connectivity index (χ2v) is 6.15. The number of rotatable bonds is 5. The molecule has 0 aliphatic rings. The Hall–Kier alpha value is -2.01. The molecule has 0 saturated carbocycles. The van der Waals surface area contributed by atoms with E-state index >= 15 is 0 Å². The molecular weight excluding hydrogens is 289 g/mol. The van der Waals surface area contributed by atoms with Gasteiger partial charge in [-0.25, -0.2) is 4.39 Å². The highest BCUT2D eigenvalue weighted by Gasteiger charge is 2.14. The van der Waals surface area contributed by atoms with Crippen LogP contribution < -0.4 is 5.32 Å². The molecule has 0 heterocycles. The molecule has 1 atom stereocenters. The van der Waals surface area contributed by atoms with Gasteiger partial charge in [-0.3, -0.25) is 9.00 Å². The number of nitrogens with one attached hydrogen (secondary N) is 1. The van der Waals surface area contributed by atoms with Gasteiger partial charge in [0.25, 0.3) is 5.91 Å². The summed E-state index contributed by atoms with van der Waals surface area (Å²) in [6.45, 7) is 2.11. The molecule has 1 amide bonds. The number of hydrogen-bond acceptors (Lipinski definition) is 2. The minimum atomic E-state index is -1.18. The van der Waals surface area contributed by atoms with Gasteiger partial charge in [-0.05, 0) is 29.8 Å². The molecule has 0 radical (unpaired) electrons. The molecule has 21 heavy (non-hydrogen) atoms. The van der Waals surface area contributed by atoms with E-state index in [0.717, 1.165) is 5.56 Å². The fraction of sp³-hybridized carbons (Fsp3) is 0.188. The van der Waals surface area contributed by atoms with Crippen LogP contribution in [0.3, 0.4) is 0 Å². The Labute approximate surface area is 125 Å². The summed E-state index contributed by atoms with van der Waals surface area (Å²) in [5, 5.41) is 2.76. The number of halogens is 1. The van der Waals surface area contributed by atoms with E-state index < -0.39 is 10.8 Å². The zero-order chi connectivity index (χ0) is 15.2. The van der Waals surface area contributed by atoms with Gasteiger partial charge in [0, 0.05) is 12.3 Å². The summed E-state index contributed by atoms with van der Waals surface area (Å²) < 4.78 is 24.7. The van der Waals surface area contributed by atoms with Crippen molar-refractivity contribution in [3.63, 3.8) is 0 Å².